The molecule has 0 radical (unpaired) electrons. The molecule has 1 amide bonds. The Morgan fingerprint density at radius 1 is 0.952 bits per heavy atom. The predicted molar refractivity (Wildman–Crippen MR) is 164 cm³/mol. The molecular weight excluding hydrogens is 552 g/mol. The van der Waals surface area contributed by atoms with Gasteiger partial charge in [-0.05, 0) is 75.0 Å². The summed E-state index contributed by atoms with van der Waals surface area (Å²) in [7, 11) is 1.22. The summed E-state index contributed by atoms with van der Waals surface area (Å²) < 4.78 is 44.1. The molecule has 1 aromatic heterocycles. The average Bonchev–Trinajstić information content (AvgIpc) is 3.29. The Morgan fingerprint density at radius 3 is 2.55 bits per heavy atom. The highest BCUT2D eigenvalue weighted by molar-refractivity contribution is 7.87. The van der Waals surface area contributed by atoms with Crippen LogP contribution >= 0.6 is 0 Å². The average molecular weight is 595 g/mol. The van der Waals surface area contributed by atoms with Crippen LogP contribution in [0.1, 0.15) is 66.8 Å². The summed E-state index contributed by atoms with van der Waals surface area (Å²) in [4.78, 5) is 15.5. The number of ether oxygens (including phenoxy) is 2. The Balaban J connectivity index is 1.57. The van der Waals surface area contributed by atoms with E-state index in [-0.39, 0.29) is 5.92 Å². The molecule has 10 heteroatoms. The minimum atomic E-state index is -3.98. The molecule has 2 aromatic carbocycles. The van der Waals surface area contributed by atoms with E-state index in [1.807, 2.05) is 31.3 Å². The summed E-state index contributed by atoms with van der Waals surface area (Å²) in [6.07, 6.45) is 7.84. The zero-order valence-electron chi connectivity index (χ0n) is 24.9. The molecule has 1 aliphatic carbocycles. The second-order valence-corrected chi connectivity index (χ2v) is 14.0. The minimum absolute atomic E-state index is 0.264. The first-order valence-corrected chi connectivity index (χ1v) is 16.6. The van der Waals surface area contributed by atoms with E-state index in [0.29, 0.717) is 31.2 Å². The molecule has 3 aliphatic rings. The molecule has 1 fully saturated rings. The molecule has 6 rings (SSSR count). The van der Waals surface area contributed by atoms with Crippen molar-refractivity contribution in [1.82, 2.24) is 18.5 Å². The van der Waals surface area contributed by atoms with Gasteiger partial charge in [0.15, 0.2) is 0 Å². The number of methoxy groups -OCH3 is 1. The number of amides is 1. The van der Waals surface area contributed by atoms with E-state index in [9.17, 15) is 13.2 Å². The molecule has 3 aromatic rings. The SMILES string of the molecule is COc1ccc2c(c1)OCC1CCCN(C)CCN(C)S(=O)(=O)NC(=O)c3ccc4c(C5CCCCC5)c-2n(c4c3)C1. The second-order valence-electron chi connectivity index (χ2n) is 12.2. The number of rotatable bonds is 2. The third-order valence-electron chi connectivity index (χ3n) is 9.32. The molecular formula is C32H42N4O5S. The smallest absolute Gasteiger partial charge is 0.303 e. The van der Waals surface area contributed by atoms with Crippen molar-refractivity contribution in [2.75, 3.05) is 47.4 Å². The van der Waals surface area contributed by atoms with Crippen LogP contribution in [-0.4, -0.2) is 75.5 Å². The Kier molecular flexibility index (Phi) is 8.22. The topological polar surface area (TPSA) is 93.1 Å². The highest BCUT2D eigenvalue weighted by atomic mass is 32.2. The van der Waals surface area contributed by atoms with Crippen molar-refractivity contribution < 1.29 is 22.7 Å². The maximum atomic E-state index is 13.4. The third-order valence-corrected chi connectivity index (χ3v) is 10.8. The van der Waals surface area contributed by atoms with Crippen molar-refractivity contribution in [3.05, 3.63) is 47.5 Å². The normalized spacial score (nSPS) is 22.7. The molecule has 1 atom stereocenters. The number of likely N-dealkylation sites (N-methyl/N-ethyl adjacent to an activating group) is 2. The van der Waals surface area contributed by atoms with Crippen LogP contribution in [0.4, 0.5) is 0 Å². The lowest BCUT2D eigenvalue weighted by atomic mass is 9.81. The number of carbonyl (C=O) groups is 1. The van der Waals surface area contributed by atoms with Crippen LogP contribution in [0.5, 0.6) is 11.5 Å². The first-order chi connectivity index (χ1) is 20.2. The number of carbonyl (C=O) groups excluding carboxylic acids is 1. The molecule has 3 heterocycles. The monoisotopic (exact) mass is 594 g/mol. The Labute approximate surface area is 248 Å². The Hall–Kier alpha value is -3.08. The van der Waals surface area contributed by atoms with Crippen molar-refractivity contribution in [2.45, 2.75) is 57.4 Å². The number of benzene rings is 2. The van der Waals surface area contributed by atoms with Crippen LogP contribution < -0.4 is 14.2 Å². The molecule has 9 nitrogen and oxygen atoms in total. The molecule has 1 saturated carbocycles. The van der Waals surface area contributed by atoms with Gasteiger partial charge in [-0.2, -0.15) is 12.7 Å². The van der Waals surface area contributed by atoms with E-state index < -0.39 is 16.1 Å². The molecule has 1 unspecified atom stereocenters. The van der Waals surface area contributed by atoms with E-state index in [1.165, 1.54) is 36.2 Å². The Bertz CT molecular complexity index is 1580. The van der Waals surface area contributed by atoms with E-state index in [4.69, 9.17) is 9.47 Å². The van der Waals surface area contributed by atoms with Gasteiger partial charge in [0.2, 0.25) is 0 Å². The maximum Gasteiger partial charge on any atom is 0.303 e. The van der Waals surface area contributed by atoms with E-state index in [1.54, 1.807) is 13.2 Å². The standard InChI is InChI=1S/C32H42N4O5S/c1-34-15-7-8-22-20-36-28-18-24(32(37)33-42(38,39)35(2)17-16-34)11-13-26(28)30(23-9-5-4-6-10-23)31(36)27-14-12-25(40-3)19-29(27)41-21-22/h11-14,18-19,22-23H,4-10,15-17,20-21H2,1-3H3,(H,33,37). The Morgan fingerprint density at radius 2 is 1.76 bits per heavy atom. The maximum absolute atomic E-state index is 13.4. The van der Waals surface area contributed by atoms with Gasteiger partial charge in [0.1, 0.15) is 11.5 Å². The lowest BCUT2D eigenvalue weighted by Crippen LogP contribution is -2.44. The fourth-order valence-electron chi connectivity index (χ4n) is 6.89. The van der Waals surface area contributed by atoms with Crippen LogP contribution in [0.2, 0.25) is 0 Å². The summed E-state index contributed by atoms with van der Waals surface area (Å²) in [5.41, 5.74) is 4.82. The zero-order chi connectivity index (χ0) is 29.4. The molecule has 4 bridgehead atoms. The van der Waals surface area contributed by atoms with Crippen molar-refractivity contribution >= 4 is 27.0 Å². The molecule has 42 heavy (non-hydrogen) atoms. The van der Waals surface area contributed by atoms with Gasteiger partial charge in [-0.25, -0.2) is 4.72 Å². The van der Waals surface area contributed by atoms with Gasteiger partial charge in [0.05, 0.1) is 19.4 Å². The molecule has 2 aliphatic heterocycles. The van der Waals surface area contributed by atoms with Gasteiger partial charge in [0, 0.05) is 60.7 Å². The quantitative estimate of drug-likeness (QED) is 0.449. The van der Waals surface area contributed by atoms with Gasteiger partial charge in [-0.1, -0.05) is 25.3 Å². The number of nitrogens with one attached hydrogen (secondary N) is 1. The van der Waals surface area contributed by atoms with Crippen molar-refractivity contribution in [1.29, 1.82) is 0 Å². The van der Waals surface area contributed by atoms with Crippen molar-refractivity contribution in [2.24, 2.45) is 5.92 Å². The largest absolute Gasteiger partial charge is 0.497 e. The van der Waals surface area contributed by atoms with E-state index >= 15 is 0 Å². The predicted octanol–water partition coefficient (Wildman–Crippen LogP) is 5.01. The van der Waals surface area contributed by atoms with Crippen molar-refractivity contribution in [3.63, 3.8) is 0 Å². The van der Waals surface area contributed by atoms with Gasteiger partial charge in [-0.3, -0.25) is 4.79 Å². The fourth-order valence-corrected chi connectivity index (χ4v) is 7.72. The van der Waals surface area contributed by atoms with Gasteiger partial charge in [0.25, 0.3) is 5.91 Å². The number of hydrogen-bond acceptors (Lipinski definition) is 6. The number of hydrogen-bond donors (Lipinski definition) is 1. The second kappa shape index (κ2) is 11.9. The van der Waals surface area contributed by atoms with Gasteiger partial charge in [-0.15, -0.1) is 0 Å². The third kappa shape index (κ3) is 5.64. The number of aromatic nitrogens is 1. The highest BCUT2D eigenvalue weighted by Gasteiger charge is 2.31. The van der Waals surface area contributed by atoms with Crippen molar-refractivity contribution in [3.8, 4) is 22.8 Å². The molecule has 0 spiro atoms. The molecule has 1 N–H and O–H groups in total. The summed E-state index contributed by atoms with van der Waals surface area (Å²) >= 11 is 0. The van der Waals surface area contributed by atoms with Crippen LogP contribution in [-0.2, 0) is 16.8 Å². The minimum Gasteiger partial charge on any atom is -0.497 e. The molecule has 226 valence electrons. The van der Waals surface area contributed by atoms with Gasteiger partial charge >= 0.3 is 10.2 Å². The van der Waals surface area contributed by atoms with E-state index in [0.717, 1.165) is 72.4 Å². The lowest BCUT2D eigenvalue weighted by Gasteiger charge is -2.29. The van der Waals surface area contributed by atoms with Crippen LogP contribution in [0.15, 0.2) is 36.4 Å². The summed E-state index contributed by atoms with van der Waals surface area (Å²) in [5, 5.41) is 1.14. The van der Waals surface area contributed by atoms with Crippen LogP contribution in [0.3, 0.4) is 0 Å². The fraction of sp³-hybridized carbons (Fsp3) is 0.531. The van der Waals surface area contributed by atoms with Crippen LogP contribution in [0, 0.1) is 5.92 Å². The zero-order valence-corrected chi connectivity index (χ0v) is 25.7. The van der Waals surface area contributed by atoms with E-state index in [2.05, 4.69) is 20.3 Å². The number of nitrogens with zero attached hydrogens (tertiary/aromatic N) is 3. The first kappa shape index (κ1) is 29.0. The van der Waals surface area contributed by atoms with Crippen LogP contribution in [0.25, 0.3) is 22.2 Å². The lowest BCUT2D eigenvalue weighted by molar-refractivity contribution is 0.0979. The first-order valence-electron chi connectivity index (χ1n) is 15.2. The highest BCUT2D eigenvalue weighted by Crippen LogP contribution is 2.48. The number of fused-ring (bicyclic) bond motifs is 4. The molecule has 0 saturated heterocycles. The summed E-state index contributed by atoms with van der Waals surface area (Å²) in [6, 6.07) is 11.8. The van der Waals surface area contributed by atoms with Gasteiger partial charge < -0.3 is 18.9 Å². The summed E-state index contributed by atoms with van der Waals surface area (Å²) in [6.45, 7) is 3.06. The summed E-state index contributed by atoms with van der Waals surface area (Å²) in [5.74, 6) is 1.63.